The molecule has 0 radical (unpaired) electrons. The van der Waals surface area contributed by atoms with Crippen molar-refractivity contribution in [3.8, 4) is 0 Å². The molecule has 2 aromatic rings. The molecular formula is C27H42N8O6. The van der Waals surface area contributed by atoms with Gasteiger partial charge in [-0.3, -0.25) is 34.4 Å². The van der Waals surface area contributed by atoms with E-state index in [1.807, 2.05) is 69.0 Å². The quantitative estimate of drug-likeness (QED) is 0.119. The summed E-state index contributed by atoms with van der Waals surface area (Å²) in [5.74, 6) is -0.269. The van der Waals surface area contributed by atoms with Crippen LogP contribution in [0.25, 0.3) is 0 Å². The molecule has 1 fully saturated rings. The third-order valence-corrected chi connectivity index (χ3v) is 5.90. The van der Waals surface area contributed by atoms with Crippen molar-refractivity contribution >= 4 is 24.7 Å². The molecular weight excluding hydrogens is 532 g/mol. The Morgan fingerprint density at radius 2 is 1.93 bits per heavy atom. The third-order valence-electron chi connectivity index (χ3n) is 5.90. The van der Waals surface area contributed by atoms with E-state index in [1.54, 1.807) is 19.1 Å². The lowest BCUT2D eigenvalue weighted by Gasteiger charge is -2.22. The fourth-order valence-corrected chi connectivity index (χ4v) is 3.57. The number of urea groups is 1. The van der Waals surface area contributed by atoms with E-state index in [0.717, 1.165) is 16.8 Å². The Hall–Kier alpha value is -4.01. The zero-order valence-electron chi connectivity index (χ0n) is 24.6. The van der Waals surface area contributed by atoms with Crippen molar-refractivity contribution in [2.75, 3.05) is 40.4 Å². The average Bonchev–Trinajstić information content (AvgIpc) is 3.46. The lowest BCUT2D eigenvalue weighted by Crippen LogP contribution is -2.35. The number of hydroxylamine groups is 3. The summed E-state index contributed by atoms with van der Waals surface area (Å²) in [5.41, 5.74) is 5.61. The maximum atomic E-state index is 12.4. The summed E-state index contributed by atoms with van der Waals surface area (Å²) in [6.45, 7) is 8.41. The summed E-state index contributed by atoms with van der Waals surface area (Å²) in [7, 11) is 5.19. The topological polar surface area (TPSA) is 152 Å². The molecule has 3 N–H and O–H groups in total. The highest BCUT2D eigenvalue weighted by molar-refractivity contribution is 5.77. The number of hydrogen-bond donors (Lipinski definition) is 3. The predicted molar refractivity (Wildman–Crippen MR) is 152 cm³/mol. The molecule has 2 bridgehead atoms. The average molecular weight is 575 g/mol. The second kappa shape index (κ2) is 16.9. The Balaban J connectivity index is 0.000000255. The van der Waals surface area contributed by atoms with Crippen LogP contribution in [0, 0.1) is 0 Å². The predicted octanol–water partition coefficient (Wildman–Crippen LogP) is 1.30. The number of amides is 4. The van der Waals surface area contributed by atoms with Crippen molar-refractivity contribution in [1.82, 2.24) is 35.9 Å². The minimum Gasteiger partial charge on any atom is -0.379 e. The van der Waals surface area contributed by atoms with Crippen molar-refractivity contribution in [2.45, 2.75) is 45.6 Å². The molecule has 0 saturated carbocycles. The molecule has 1 aromatic heterocycles. The highest BCUT2D eigenvalue weighted by Crippen LogP contribution is 2.37. The van der Waals surface area contributed by atoms with Gasteiger partial charge in [0.05, 0.1) is 30.6 Å². The summed E-state index contributed by atoms with van der Waals surface area (Å²) in [6, 6.07) is 9.75. The Morgan fingerprint density at radius 1 is 1.22 bits per heavy atom. The largest absolute Gasteiger partial charge is 0.379 e. The fourth-order valence-electron chi connectivity index (χ4n) is 3.57. The molecule has 4 amide bonds. The van der Waals surface area contributed by atoms with Crippen molar-refractivity contribution < 1.29 is 28.8 Å². The number of benzene rings is 1. The van der Waals surface area contributed by atoms with Gasteiger partial charge < -0.3 is 20.3 Å². The van der Waals surface area contributed by atoms with Crippen LogP contribution in [0.2, 0.25) is 0 Å². The van der Waals surface area contributed by atoms with E-state index in [9.17, 15) is 14.4 Å². The first-order valence-electron chi connectivity index (χ1n) is 13.1. The van der Waals surface area contributed by atoms with Crippen molar-refractivity contribution in [1.29, 1.82) is 0 Å². The van der Waals surface area contributed by atoms with Gasteiger partial charge in [0.25, 0.3) is 0 Å². The first-order chi connectivity index (χ1) is 19.6. The number of rotatable bonds is 11. The molecule has 1 unspecified atom stereocenters. The number of aromatic nitrogens is 2. The first kappa shape index (κ1) is 33.2. The SMILES string of the molecule is CN=CNOCC(=O)NCCNC=O.COC(C)(C)C.Cn1ncc2c1CN1CC2N(OCc2ccccc2)C1=O. The highest BCUT2D eigenvalue weighted by Gasteiger charge is 2.45. The van der Waals surface area contributed by atoms with Crippen molar-refractivity contribution in [3.63, 3.8) is 0 Å². The molecule has 226 valence electrons. The number of aliphatic imine (C=N–C) groups is 1. The summed E-state index contributed by atoms with van der Waals surface area (Å²) < 4.78 is 6.77. The zero-order chi connectivity index (χ0) is 30.3. The third kappa shape index (κ3) is 11.2. The Bertz CT molecular complexity index is 1120. The van der Waals surface area contributed by atoms with Crippen LogP contribution in [0.5, 0.6) is 0 Å². The number of aryl methyl sites for hydroxylation is 1. The van der Waals surface area contributed by atoms with E-state index in [-0.39, 0.29) is 30.2 Å². The van der Waals surface area contributed by atoms with Gasteiger partial charge in [-0.15, -0.1) is 0 Å². The number of fused-ring (bicyclic) bond motifs is 4. The van der Waals surface area contributed by atoms with Gasteiger partial charge in [-0.1, -0.05) is 30.3 Å². The van der Waals surface area contributed by atoms with E-state index in [1.165, 1.54) is 11.4 Å². The second-order valence-electron chi connectivity index (χ2n) is 9.97. The molecule has 14 heteroatoms. The van der Waals surface area contributed by atoms with Crippen LogP contribution in [0.3, 0.4) is 0 Å². The standard InChI is InChI=1S/C15H16N4O2.C7H14N4O3.C5H12O/c1-17-13-8-18-9-14(12(13)7-16-17)19(15(18)20)21-10-11-5-3-2-4-6-11;1-8-5-11-14-4-7(13)10-3-2-9-6-12;1-5(2,3)6-4/h2-7,14H,8-10H2,1H3;5-6H,2-4H2,1H3,(H,8,11)(H,9,12)(H,10,13);1-4H3. The molecule has 1 aromatic carbocycles. The number of carbonyl (C=O) groups is 3. The van der Waals surface area contributed by atoms with Gasteiger partial charge in [0.2, 0.25) is 12.3 Å². The van der Waals surface area contributed by atoms with Crippen LogP contribution in [0.15, 0.2) is 41.5 Å². The fraction of sp³-hybridized carbons (Fsp3) is 0.519. The monoisotopic (exact) mass is 574 g/mol. The molecule has 0 aliphatic carbocycles. The minimum atomic E-state index is -0.269. The summed E-state index contributed by atoms with van der Waals surface area (Å²) in [4.78, 5) is 49.0. The van der Waals surface area contributed by atoms with Gasteiger partial charge in [0.15, 0.2) is 6.61 Å². The first-order valence-corrected chi connectivity index (χ1v) is 13.1. The second-order valence-corrected chi connectivity index (χ2v) is 9.97. The number of nitrogens with zero attached hydrogens (tertiary/aromatic N) is 5. The smallest absolute Gasteiger partial charge is 0.345 e. The van der Waals surface area contributed by atoms with Crippen LogP contribution >= 0.6 is 0 Å². The Kier molecular flexibility index (Phi) is 13.7. The number of ether oxygens (including phenoxy) is 1. The van der Waals surface area contributed by atoms with E-state index in [4.69, 9.17) is 14.4 Å². The van der Waals surface area contributed by atoms with Crippen LogP contribution in [0.1, 0.15) is 43.6 Å². The molecule has 14 nitrogen and oxygen atoms in total. The van der Waals surface area contributed by atoms with Crippen LogP contribution in [-0.4, -0.2) is 90.4 Å². The summed E-state index contributed by atoms with van der Waals surface area (Å²) >= 11 is 0. The molecule has 41 heavy (non-hydrogen) atoms. The summed E-state index contributed by atoms with van der Waals surface area (Å²) in [6.07, 6.45) is 3.73. The minimum absolute atomic E-state index is 0.0417. The van der Waals surface area contributed by atoms with Crippen molar-refractivity contribution in [2.24, 2.45) is 12.0 Å². The highest BCUT2D eigenvalue weighted by atomic mass is 16.7. The van der Waals surface area contributed by atoms with Gasteiger partial charge in [0.1, 0.15) is 19.0 Å². The molecule has 2 aliphatic rings. The van der Waals surface area contributed by atoms with Gasteiger partial charge in [0, 0.05) is 39.9 Å². The maximum absolute atomic E-state index is 12.4. The van der Waals surface area contributed by atoms with Gasteiger partial charge >= 0.3 is 6.03 Å². The molecule has 1 atom stereocenters. The Morgan fingerprint density at radius 3 is 2.56 bits per heavy atom. The normalized spacial score (nSPS) is 15.4. The van der Waals surface area contributed by atoms with Gasteiger partial charge in [-0.2, -0.15) is 10.2 Å². The molecule has 3 heterocycles. The van der Waals surface area contributed by atoms with Crippen molar-refractivity contribution in [3.05, 3.63) is 53.3 Å². The number of hydrogen-bond acceptors (Lipinski definition) is 8. The van der Waals surface area contributed by atoms with Gasteiger partial charge in [-0.25, -0.2) is 4.79 Å². The maximum Gasteiger partial charge on any atom is 0.345 e. The zero-order valence-corrected chi connectivity index (χ0v) is 24.6. The molecule has 1 saturated heterocycles. The number of carbonyl (C=O) groups excluding carboxylic acids is 3. The molecule has 2 aliphatic heterocycles. The van der Waals surface area contributed by atoms with Gasteiger partial charge in [-0.05, 0) is 26.3 Å². The van der Waals surface area contributed by atoms with Crippen LogP contribution in [0.4, 0.5) is 4.79 Å². The van der Waals surface area contributed by atoms with E-state index >= 15 is 0 Å². The molecule has 0 spiro atoms. The summed E-state index contributed by atoms with van der Waals surface area (Å²) in [5, 5.41) is 10.7. The number of methoxy groups -OCH3 is 1. The Labute approximate surface area is 240 Å². The van der Waals surface area contributed by atoms with E-state index < -0.39 is 0 Å². The van der Waals surface area contributed by atoms with Crippen LogP contribution < -0.4 is 16.1 Å². The van der Waals surface area contributed by atoms with E-state index in [2.05, 4.69) is 26.2 Å². The lowest BCUT2D eigenvalue weighted by molar-refractivity contribution is -0.141. The molecule has 4 rings (SSSR count). The number of nitrogens with one attached hydrogen (secondary N) is 3. The van der Waals surface area contributed by atoms with E-state index in [0.29, 0.717) is 39.2 Å². The van der Waals surface area contributed by atoms with Crippen LogP contribution in [-0.2, 0) is 44.2 Å². The lowest BCUT2D eigenvalue weighted by atomic mass is 10.1.